The largest absolute Gasteiger partial charge is 0.399 e. The van der Waals surface area contributed by atoms with Gasteiger partial charge in [-0.25, -0.2) is 0 Å². The lowest BCUT2D eigenvalue weighted by Crippen LogP contribution is -2.22. The van der Waals surface area contributed by atoms with Gasteiger partial charge in [-0.05, 0) is 42.2 Å². The van der Waals surface area contributed by atoms with Crippen LogP contribution in [0, 0.1) is 0 Å². The summed E-state index contributed by atoms with van der Waals surface area (Å²) in [7, 11) is 1.99. The Morgan fingerprint density at radius 3 is 3.11 bits per heavy atom. The maximum Gasteiger partial charge on any atom is 0.0492 e. The van der Waals surface area contributed by atoms with E-state index >= 15 is 0 Å². The number of benzene rings is 1. The Hall–Kier alpha value is -1.81. The molecular formula is C15H20N4. The molecule has 0 saturated carbocycles. The number of fused-ring (bicyclic) bond motifs is 1. The lowest BCUT2D eigenvalue weighted by atomic mass is 10.1. The third-order valence-corrected chi connectivity index (χ3v) is 3.94. The zero-order valence-electron chi connectivity index (χ0n) is 11.3. The standard InChI is InChI=1S/C15H20N4/c1-19-13(7-9-18-19)6-8-17-15-5-2-11-10-12(16)3-4-14(11)15/h3-4,7,9-10,15,17H,2,5-6,8,16H2,1H3. The lowest BCUT2D eigenvalue weighted by Gasteiger charge is -2.14. The van der Waals surface area contributed by atoms with Gasteiger partial charge in [-0.15, -0.1) is 0 Å². The van der Waals surface area contributed by atoms with E-state index in [1.807, 2.05) is 24.0 Å². The van der Waals surface area contributed by atoms with E-state index in [4.69, 9.17) is 5.73 Å². The molecule has 4 nitrogen and oxygen atoms in total. The van der Waals surface area contributed by atoms with Gasteiger partial charge in [-0.1, -0.05) is 6.07 Å². The summed E-state index contributed by atoms with van der Waals surface area (Å²) >= 11 is 0. The summed E-state index contributed by atoms with van der Waals surface area (Å²) < 4.78 is 1.94. The highest BCUT2D eigenvalue weighted by Crippen LogP contribution is 2.32. The smallest absolute Gasteiger partial charge is 0.0492 e. The van der Waals surface area contributed by atoms with Crippen molar-refractivity contribution in [3.05, 3.63) is 47.3 Å². The van der Waals surface area contributed by atoms with Crippen molar-refractivity contribution < 1.29 is 0 Å². The zero-order valence-corrected chi connectivity index (χ0v) is 11.3. The molecule has 2 aromatic rings. The van der Waals surface area contributed by atoms with Gasteiger partial charge < -0.3 is 11.1 Å². The molecule has 0 amide bonds. The van der Waals surface area contributed by atoms with Gasteiger partial charge in [0.15, 0.2) is 0 Å². The van der Waals surface area contributed by atoms with E-state index in [-0.39, 0.29) is 0 Å². The van der Waals surface area contributed by atoms with Crippen LogP contribution in [0.3, 0.4) is 0 Å². The molecule has 3 N–H and O–H groups in total. The monoisotopic (exact) mass is 256 g/mol. The van der Waals surface area contributed by atoms with E-state index in [0.29, 0.717) is 6.04 Å². The summed E-state index contributed by atoms with van der Waals surface area (Å²) in [5.74, 6) is 0. The van der Waals surface area contributed by atoms with Crippen LogP contribution < -0.4 is 11.1 Å². The van der Waals surface area contributed by atoms with Gasteiger partial charge in [0.1, 0.15) is 0 Å². The van der Waals surface area contributed by atoms with Crippen molar-refractivity contribution in [1.82, 2.24) is 15.1 Å². The van der Waals surface area contributed by atoms with E-state index < -0.39 is 0 Å². The number of aryl methyl sites for hydroxylation is 2. The molecule has 0 spiro atoms. The Morgan fingerprint density at radius 1 is 1.42 bits per heavy atom. The predicted molar refractivity (Wildman–Crippen MR) is 76.8 cm³/mol. The maximum atomic E-state index is 5.83. The van der Waals surface area contributed by atoms with Crippen molar-refractivity contribution in [2.24, 2.45) is 7.05 Å². The Bertz CT molecular complexity index is 573. The highest BCUT2D eigenvalue weighted by molar-refractivity contribution is 5.47. The van der Waals surface area contributed by atoms with Crippen molar-refractivity contribution in [1.29, 1.82) is 0 Å². The van der Waals surface area contributed by atoms with E-state index in [1.165, 1.54) is 23.2 Å². The minimum atomic E-state index is 0.476. The van der Waals surface area contributed by atoms with Crippen LogP contribution >= 0.6 is 0 Å². The van der Waals surface area contributed by atoms with Crippen LogP contribution in [-0.2, 0) is 19.9 Å². The van der Waals surface area contributed by atoms with Crippen molar-refractivity contribution in [3.8, 4) is 0 Å². The summed E-state index contributed by atoms with van der Waals surface area (Å²) in [5, 5.41) is 7.83. The average molecular weight is 256 g/mol. The molecule has 1 aromatic carbocycles. The second-order valence-corrected chi connectivity index (χ2v) is 5.20. The quantitative estimate of drug-likeness (QED) is 0.820. The molecule has 1 heterocycles. The highest BCUT2D eigenvalue weighted by Gasteiger charge is 2.21. The van der Waals surface area contributed by atoms with Gasteiger partial charge in [0.25, 0.3) is 0 Å². The second-order valence-electron chi connectivity index (χ2n) is 5.20. The fraction of sp³-hybridized carbons (Fsp3) is 0.400. The third-order valence-electron chi connectivity index (χ3n) is 3.94. The fourth-order valence-electron chi connectivity index (χ4n) is 2.87. The molecule has 19 heavy (non-hydrogen) atoms. The fourth-order valence-corrected chi connectivity index (χ4v) is 2.87. The Kier molecular flexibility index (Phi) is 3.25. The third kappa shape index (κ3) is 2.49. The van der Waals surface area contributed by atoms with Crippen LogP contribution in [0.5, 0.6) is 0 Å². The molecule has 0 bridgehead atoms. The minimum absolute atomic E-state index is 0.476. The molecule has 100 valence electrons. The molecule has 1 aliphatic carbocycles. The predicted octanol–water partition coefficient (Wildman–Crippen LogP) is 1.82. The van der Waals surface area contributed by atoms with Crippen LogP contribution in [0.4, 0.5) is 5.69 Å². The first-order chi connectivity index (χ1) is 9.24. The zero-order chi connectivity index (χ0) is 13.2. The molecule has 0 fully saturated rings. The van der Waals surface area contributed by atoms with Crippen molar-refractivity contribution >= 4 is 5.69 Å². The number of nitrogens with one attached hydrogen (secondary N) is 1. The minimum Gasteiger partial charge on any atom is -0.399 e. The topological polar surface area (TPSA) is 55.9 Å². The average Bonchev–Trinajstić information content (AvgIpc) is 2.97. The molecule has 0 saturated heterocycles. The summed E-state index contributed by atoms with van der Waals surface area (Å²) in [5.41, 5.74) is 10.8. The summed E-state index contributed by atoms with van der Waals surface area (Å²) in [4.78, 5) is 0. The van der Waals surface area contributed by atoms with Crippen molar-refractivity contribution in [2.45, 2.75) is 25.3 Å². The van der Waals surface area contributed by atoms with Crippen LogP contribution in [0.25, 0.3) is 0 Å². The summed E-state index contributed by atoms with van der Waals surface area (Å²) in [6, 6.07) is 8.83. The normalized spacial score (nSPS) is 17.6. The Morgan fingerprint density at radius 2 is 2.32 bits per heavy atom. The van der Waals surface area contributed by atoms with Crippen molar-refractivity contribution in [2.75, 3.05) is 12.3 Å². The van der Waals surface area contributed by atoms with Gasteiger partial charge in [0.2, 0.25) is 0 Å². The van der Waals surface area contributed by atoms with Gasteiger partial charge in [0.05, 0.1) is 0 Å². The van der Waals surface area contributed by atoms with Gasteiger partial charge in [-0.2, -0.15) is 5.10 Å². The molecule has 1 aliphatic rings. The van der Waals surface area contributed by atoms with E-state index in [9.17, 15) is 0 Å². The summed E-state index contributed by atoms with van der Waals surface area (Å²) in [6.45, 7) is 0.980. The first-order valence-corrected chi connectivity index (χ1v) is 6.82. The van der Waals surface area contributed by atoms with Crippen LogP contribution in [0.1, 0.15) is 29.3 Å². The number of nitrogens with two attached hydrogens (primary N) is 1. The van der Waals surface area contributed by atoms with Gasteiger partial charge in [0, 0.05) is 43.6 Å². The number of nitrogens with zero attached hydrogens (tertiary/aromatic N) is 2. The van der Waals surface area contributed by atoms with Crippen molar-refractivity contribution in [3.63, 3.8) is 0 Å². The number of nitrogen functional groups attached to an aromatic ring is 1. The first kappa shape index (κ1) is 12.2. The van der Waals surface area contributed by atoms with Gasteiger partial charge in [-0.3, -0.25) is 4.68 Å². The Balaban J connectivity index is 1.60. The number of hydrogen-bond acceptors (Lipinski definition) is 3. The number of hydrogen-bond donors (Lipinski definition) is 2. The molecule has 1 aromatic heterocycles. The molecule has 0 aliphatic heterocycles. The second kappa shape index (κ2) is 5.05. The number of aromatic nitrogens is 2. The van der Waals surface area contributed by atoms with E-state index in [0.717, 1.165) is 25.1 Å². The van der Waals surface area contributed by atoms with Crippen LogP contribution in [-0.4, -0.2) is 16.3 Å². The van der Waals surface area contributed by atoms with E-state index in [1.54, 1.807) is 0 Å². The number of anilines is 1. The maximum absolute atomic E-state index is 5.83. The molecule has 1 atom stereocenters. The molecule has 0 radical (unpaired) electrons. The molecule has 4 heteroatoms. The summed E-state index contributed by atoms with van der Waals surface area (Å²) in [6.07, 6.45) is 5.16. The number of rotatable bonds is 4. The first-order valence-electron chi connectivity index (χ1n) is 6.82. The Labute approximate surface area is 113 Å². The van der Waals surface area contributed by atoms with E-state index in [2.05, 4.69) is 28.6 Å². The molecular weight excluding hydrogens is 236 g/mol. The molecule has 1 unspecified atom stereocenters. The van der Waals surface area contributed by atoms with Gasteiger partial charge >= 0.3 is 0 Å². The SMILES string of the molecule is Cn1nccc1CCNC1CCc2cc(N)ccc21. The highest BCUT2D eigenvalue weighted by atomic mass is 15.3. The lowest BCUT2D eigenvalue weighted by molar-refractivity contribution is 0.526. The van der Waals surface area contributed by atoms with Crippen LogP contribution in [0.2, 0.25) is 0 Å². The van der Waals surface area contributed by atoms with Crippen LogP contribution in [0.15, 0.2) is 30.5 Å². The molecule has 3 rings (SSSR count).